The summed E-state index contributed by atoms with van der Waals surface area (Å²) in [5.41, 5.74) is 2.20. The first-order valence-electron chi connectivity index (χ1n) is 10.6. The van der Waals surface area contributed by atoms with Crippen LogP contribution in [0.15, 0.2) is 48.8 Å². The van der Waals surface area contributed by atoms with Crippen LogP contribution in [0.1, 0.15) is 31.4 Å². The molecule has 0 spiro atoms. The van der Waals surface area contributed by atoms with Crippen LogP contribution in [0.3, 0.4) is 0 Å². The van der Waals surface area contributed by atoms with E-state index in [1.807, 2.05) is 36.4 Å². The minimum absolute atomic E-state index is 0.188. The molecule has 7 nitrogen and oxygen atoms in total. The number of rotatable bonds is 6. The predicted molar refractivity (Wildman–Crippen MR) is 116 cm³/mol. The standard InChI is InChI=1S/C23H29N5O2/c1-3-4-18-5-7-19(8-6-18)23(2)21(29)28(22(30)25-23)17-26-13-15-27(16-14-26)20-9-11-24-12-10-20/h5-12H,3-4,13-17H2,1-2H3,(H,25,30)/t23-/m1/s1. The van der Waals surface area contributed by atoms with E-state index in [9.17, 15) is 9.59 Å². The second-order valence-electron chi connectivity index (χ2n) is 8.19. The van der Waals surface area contributed by atoms with Gasteiger partial charge in [0, 0.05) is 44.3 Å². The third kappa shape index (κ3) is 3.89. The fraction of sp³-hybridized carbons (Fsp3) is 0.435. The summed E-state index contributed by atoms with van der Waals surface area (Å²) in [6, 6.07) is 11.7. The van der Waals surface area contributed by atoms with Gasteiger partial charge in [-0.25, -0.2) is 9.69 Å². The molecule has 3 heterocycles. The van der Waals surface area contributed by atoms with Crippen LogP contribution < -0.4 is 10.2 Å². The normalized spacial score (nSPS) is 22.5. The van der Waals surface area contributed by atoms with Crippen molar-refractivity contribution in [3.63, 3.8) is 0 Å². The van der Waals surface area contributed by atoms with Gasteiger partial charge in [0.15, 0.2) is 0 Å². The lowest BCUT2D eigenvalue weighted by Crippen LogP contribution is -2.51. The molecule has 158 valence electrons. The second kappa shape index (κ2) is 8.44. The molecular formula is C23H29N5O2. The average molecular weight is 408 g/mol. The number of pyridine rings is 1. The van der Waals surface area contributed by atoms with E-state index < -0.39 is 5.54 Å². The number of nitrogens with one attached hydrogen (secondary N) is 1. The first-order chi connectivity index (χ1) is 14.5. The Morgan fingerprint density at radius 1 is 1.00 bits per heavy atom. The fourth-order valence-electron chi connectivity index (χ4n) is 4.22. The molecule has 0 aliphatic carbocycles. The molecule has 0 radical (unpaired) electrons. The maximum Gasteiger partial charge on any atom is 0.326 e. The number of imide groups is 1. The third-order valence-electron chi connectivity index (χ3n) is 6.09. The smallest absolute Gasteiger partial charge is 0.326 e. The molecule has 2 aromatic rings. The summed E-state index contributed by atoms with van der Waals surface area (Å²) in [7, 11) is 0. The highest BCUT2D eigenvalue weighted by atomic mass is 16.2. The molecule has 0 saturated carbocycles. The molecule has 30 heavy (non-hydrogen) atoms. The molecule has 3 amide bonds. The van der Waals surface area contributed by atoms with Crippen molar-refractivity contribution in [2.45, 2.75) is 32.2 Å². The van der Waals surface area contributed by atoms with Crippen molar-refractivity contribution in [1.82, 2.24) is 20.1 Å². The molecule has 4 rings (SSSR count). The maximum atomic E-state index is 13.2. The SMILES string of the molecule is CCCc1ccc([C@@]2(C)NC(=O)N(CN3CCN(c4ccncc4)CC3)C2=O)cc1. The minimum Gasteiger partial charge on any atom is -0.369 e. The molecule has 2 aliphatic rings. The van der Waals surface area contributed by atoms with Crippen LogP contribution in [0.2, 0.25) is 0 Å². The van der Waals surface area contributed by atoms with Crippen molar-refractivity contribution in [3.8, 4) is 0 Å². The van der Waals surface area contributed by atoms with E-state index in [0.717, 1.165) is 50.3 Å². The van der Waals surface area contributed by atoms with E-state index in [0.29, 0.717) is 6.67 Å². The third-order valence-corrected chi connectivity index (χ3v) is 6.09. The van der Waals surface area contributed by atoms with Gasteiger partial charge in [0.05, 0.1) is 6.67 Å². The predicted octanol–water partition coefficient (Wildman–Crippen LogP) is 2.58. The summed E-state index contributed by atoms with van der Waals surface area (Å²) in [4.78, 5) is 35.7. The van der Waals surface area contributed by atoms with E-state index in [2.05, 4.69) is 27.0 Å². The molecule has 0 bridgehead atoms. The van der Waals surface area contributed by atoms with Gasteiger partial charge in [0.25, 0.3) is 5.91 Å². The monoisotopic (exact) mass is 407 g/mol. The van der Waals surface area contributed by atoms with Gasteiger partial charge in [-0.2, -0.15) is 0 Å². The van der Waals surface area contributed by atoms with E-state index in [4.69, 9.17) is 0 Å². The summed E-state index contributed by atoms with van der Waals surface area (Å²) in [6.45, 7) is 7.55. The van der Waals surface area contributed by atoms with Gasteiger partial charge in [0.2, 0.25) is 0 Å². The number of nitrogens with zero attached hydrogens (tertiary/aromatic N) is 4. The van der Waals surface area contributed by atoms with Crippen LogP contribution in [0.5, 0.6) is 0 Å². The van der Waals surface area contributed by atoms with Crippen molar-refractivity contribution < 1.29 is 9.59 Å². The van der Waals surface area contributed by atoms with Crippen molar-refractivity contribution in [3.05, 3.63) is 59.9 Å². The number of aromatic nitrogens is 1. The Hall–Kier alpha value is -2.93. The molecule has 2 saturated heterocycles. The highest BCUT2D eigenvalue weighted by molar-refractivity contribution is 6.07. The Morgan fingerprint density at radius 3 is 2.30 bits per heavy atom. The Bertz CT molecular complexity index is 894. The minimum atomic E-state index is -1.01. The molecule has 7 heteroatoms. The Labute approximate surface area is 177 Å². The van der Waals surface area contributed by atoms with Crippen LogP contribution >= 0.6 is 0 Å². The molecule has 1 atom stereocenters. The van der Waals surface area contributed by atoms with Gasteiger partial charge < -0.3 is 10.2 Å². The van der Waals surface area contributed by atoms with Crippen LogP contribution in [-0.2, 0) is 16.8 Å². The van der Waals surface area contributed by atoms with E-state index in [1.165, 1.54) is 10.5 Å². The van der Waals surface area contributed by atoms with E-state index in [1.54, 1.807) is 19.3 Å². The summed E-state index contributed by atoms with van der Waals surface area (Å²) < 4.78 is 0. The van der Waals surface area contributed by atoms with Crippen LogP contribution in [0, 0.1) is 0 Å². The molecule has 0 unspecified atom stereocenters. The van der Waals surface area contributed by atoms with Crippen molar-refractivity contribution in [2.75, 3.05) is 37.7 Å². The second-order valence-corrected chi connectivity index (χ2v) is 8.19. The van der Waals surface area contributed by atoms with Gasteiger partial charge in [-0.15, -0.1) is 0 Å². The van der Waals surface area contributed by atoms with Gasteiger partial charge in [-0.05, 0) is 36.6 Å². The number of piperazine rings is 1. The van der Waals surface area contributed by atoms with Crippen LogP contribution in [0.25, 0.3) is 0 Å². The Kier molecular flexibility index (Phi) is 5.72. The highest BCUT2D eigenvalue weighted by Gasteiger charge is 2.49. The summed E-state index contributed by atoms with van der Waals surface area (Å²) in [6.07, 6.45) is 5.68. The number of anilines is 1. The van der Waals surface area contributed by atoms with Crippen molar-refractivity contribution in [1.29, 1.82) is 0 Å². The van der Waals surface area contributed by atoms with Gasteiger partial charge in [-0.3, -0.25) is 14.7 Å². The molecule has 2 aliphatic heterocycles. The van der Waals surface area contributed by atoms with Crippen molar-refractivity contribution in [2.24, 2.45) is 0 Å². The molecule has 1 N–H and O–H groups in total. The van der Waals surface area contributed by atoms with E-state index in [-0.39, 0.29) is 11.9 Å². The zero-order valence-corrected chi connectivity index (χ0v) is 17.7. The lowest BCUT2D eigenvalue weighted by atomic mass is 9.91. The Balaban J connectivity index is 1.40. The lowest BCUT2D eigenvalue weighted by molar-refractivity contribution is -0.132. The molecule has 2 fully saturated rings. The lowest BCUT2D eigenvalue weighted by Gasteiger charge is -2.37. The summed E-state index contributed by atoms with van der Waals surface area (Å²) in [5, 5.41) is 2.92. The average Bonchev–Trinajstić information content (AvgIpc) is 2.99. The number of hydrogen-bond acceptors (Lipinski definition) is 5. The molecule has 1 aromatic carbocycles. The number of benzene rings is 1. The van der Waals surface area contributed by atoms with Gasteiger partial charge in [0.1, 0.15) is 5.54 Å². The quantitative estimate of drug-likeness (QED) is 0.746. The zero-order valence-electron chi connectivity index (χ0n) is 17.7. The molecule has 1 aromatic heterocycles. The van der Waals surface area contributed by atoms with Gasteiger partial charge >= 0.3 is 6.03 Å². The van der Waals surface area contributed by atoms with Crippen molar-refractivity contribution >= 4 is 17.6 Å². The summed E-state index contributed by atoms with van der Waals surface area (Å²) in [5.74, 6) is -0.188. The number of amides is 3. The van der Waals surface area contributed by atoms with Gasteiger partial charge in [-0.1, -0.05) is 37.6 Å². The van der Waals surface area contributed by atoms with E-state index >= 15 is 0 Å². The number of carbonyl (C=O) groups is 2. The number of hydrogen-bond donors (Lipinski definition) is 1. The molecular weight excluding hydrogens is 378 g/mol. The van der Waals surface area contributed by atoms with Crippen LogP contribution in [-0.4, -0.2) is 59.6 Å². The highest BCUT2D eigenvalue weighted by Crippen LogP contribution is 2.29. The first-order valence-corrected chi connectivity index (χ1v) is 10.6. The maximum absolute atomic E-state index is 13.2. The largest absolute Gasteiger partial charge is 0.369 e. The number of aryl methyl sites for hydroxylation is 1. The number of urea groups is 1. The Morgan fingerprint density at radius 2 is 1.67 bits per heavy atom. The zero-order chi connectivity index (χ0) is 21.1. The topological polar surface area (TPSA) is 68.8 Å². The first kappa shape index (κ1) is 20.3. The summed E-state index contributed by atoms with van der Waals surface area (Å²) >= 11 is 0. The van der Waals surface area contributed by atoms with Crippen LogP contribution in [0.4, 0.5) is 10.5 Å². The fourth-order valence-corrected chi connectivity index (χ4v) is 4.22. The number of carbonyl (C=O) groups excluding carboxylic acids is 2.